The van der Waals surface area contributed by atoms with Gasteiger partial charge in [-0.3, -0.25) is 4.79 Å². The SMILES string of the molecule is COc1cccc(C2(C(=O)N3CCC(N)C(C)(C)C3)CCCC2)c1. The lowest BCUT2D eigenvalue weighted by molar-refractivity contribution is -0.140. The van der Waals surface area contributed by atoms with E-state index in [0.29, 0.717) is 0 Å². The molecule has 1 unspecified atom stereocenters. The van der Waals surface area contributed by atoms with Crippen LogP contribution in [0.5, 0.6) is 5.75 Å². The van der Waals surface area contributed by atoms with E-state index < -0.39 is 0 Å². The van der Waals surface area contributed by atoms with Gasteiger partial charge in [-0.25, -0.2) is 0 Å². The molecule has 1 atom stereocenters. The Balaban J connectivity index is 1.91. The summed E-state index contributed by atoms with van der Waals surface area (Å²) >= 11 is 0. The molecule has 2 aliphatic rings. The van der Waals surface area contributed by atoms with Crippen LogP contribution in [0.4, 0.5) is 0 Å². The maximum Gasteiger partial charge on any atom is 0.233 e. The van der Waals surface area contributed by atoms with E-state index in [1.54, 1.807) is 7.11 Å². The van der Waals surface area contributed by atoms with Gasteiger partial charge in [0.15, 0.2) is 0 Å². The lowest BCUT2D eigenvalue weighted by Gasteiger charge is -2.45. The first-order valence-corrected chi connectivity index (χ1v) is 9.08. The number of carbonyl (C=O) groups excluding carboxylic acids is 1. The van der Waals surface area contributed by atoms with E-state index in [0.717, 1.165) is 56.5 Å². The molecule has 1 aliphatic carbocycles. The van der Waals surface area contributed by atoms with Gasteiger partial charge in [-0.1, -0.05) is 38.8 Å². The molecule has 0 radical (unpaired) electrons. The number of piperidine rings is 1. The van der Waals surface area contributed by atoms with Crippen LogP contribution >= 0.6 is 0 Å². The minimum atomic E-state index is -0.383. The number of hydrogen-bond donors (Lipinski definition) is 1. The molecule has 3 rings (SSSR count). The van der Waals surface area contributed by atoms with Gasteiger partial charge in [0.2, 0.25) is 5.91 Å². The number of ether oxygens (including phenoxy) is 1. The lowest BCUT2D eigenvalue weighted by atomic mass is 9.74. The zero-order valence-electron chi connectivity index (χ0n) is 15.2. The van der Waals surface area contributed by atoms with E-state index in [1.807, 2.05) is 18.2 Å². The lowest BCUT2D eigenvalue weighted by Crippen LogP contribution is -2.57. The van der Waals surface area contributed by atoms with Crippen LogP contribution in [0, 0.1) is 5.41 Å². The van der Waals surface area contributed by atoms with E-state index in [9.17, 15) is 4.79 Å². The summed E-state index contributed by atoms with van der Waals surface area (Å²) in [6.07, 6.45) is 4.97. The quantitative estimate of drug-likeness (QED) is 0.926. The maximum atomic E-state index is 13.6. The summed E-state index contributed by atoms with van der Waals surface area (Å²) in [4.78, 5) is 15.6. The van der Waals surface area contributed by atoms with E-state index in [1.165, 1.54) is 0 Å². The van der Waals surface area contributed by atoms with Crippen molar-refractivity contribution in [3.63, 3.8) is 0 Å². The van der Waals surface area contributed by atoms with Crippen molar-refractivity contribution in [2.24, 2.45) is 11.1 Å². The monoisotopic (exact) mass is 330 g/mol. The fourth-order valence-corrected chi connectivity index (χ4v) is 4.38. The highest BCUT2D eigenvalue weighted by Gasteiger charge is 2.47. The molecule has 24 heavy (non-hydrogen) atoms. The predicted octanol–water partition coefficient (Wildman–Crippen LogP) is 3.09. The molecular formula is C20H30N2O2. The van der Waals surface area contributed by atoms with Crippen molar-refractivity contribution in [2.75, 3.05) is 20.2 Å². The number of rotatable bonds is 3. The zero-order chi connectivity index (χ0) is 17.4. The van der Waals surface area contributed by atoms with Crippen molar-refractivity contribution in [3.8, 4) is 5.75 Å². The van der Waals surface area contributed by atoms with Crippen LogP contribution in [0.1, 0.15) is 51.5 Å². The Hall–Kier alpha value is -1.55. The highest BCUT2D eigenvalue weighted by atomic mass is 16.5. The first-order chi connectivity index (χ1) is 11.4. The number of methoxy groups -OCH3 is 1. The molecule has 0 spiro atoms. The summed E-state index contributed by atoms with van der Waals surface area (Å²) in [5.41, 5.74) is 6.96. The zero-order valence-corrected chi connectivity index (χ0v) is 15.2. The van der Waals surface area contributed by atoms with Crippen molar-refractivity contribution in [1.82, 2.24) is 4.90 Å². The Morgan fingerprint density at radius 3 is 2.62 bits per heavy atom. The normalized spacial score (nSPS) is 25.5. The molecule has 0 aromatic heterocycles. The Kier molecular flexibility index (Phi) is 4.60. The second-order valence-corrected chi connectivity index (χ2v) is 8.13. The number of hydrogen-bond acceptors (Lipinski definition) is 3. The summed E-state index contributed by atoms with van der Waals surface area (Å²) in [5.74, 6) is 1.11. The molecule has 2 N–H and O–H groups in total. The minimum Gasteiger partial charge on any atom is -0.497 e. The fraction of sp³-hybridized carbons (Fsp3) is 0.650. The number of carbonyl (C=O) groups is 1. The van der Waals surface area contributed by atoms with Crippen molar-refractivity contribution in [2.45, 2.75) is 57.4 Å². The van der Waals surface area contributed by atoms with Gasteiger partial charge in [0.1, 0.15) is 5.75 Å². The molecule has 4 nitrogen and oxygen atoms in total. The summed E-state index contributed by atoms with van der Waals surface area (Å²) in [6, 6.07) is 8.24. The van der Waals surface area contributed by atoms with Crippen LogP contribution in [0.15, 0.2) is 24.3 Å². The van der Waals surface area contributed by atoms with Gasteiger partial charge < -0.3 is 15.4 Å². The van der Waals surface area contributed by atoms with Crippen LogP contribution in [0.2, 0.25) is 0 Å². The molecule has 1 saturated heterocycles. The number of benzene rings is 1. The Labute approximate surface area is 145 Å². The van der Waals surface area contributed by atoms with Crippen LogP contribution in [-0.2, 0) is 10.2 Å². The Morgan fingerprint density at radius 1 is 1.29 bits per heavy atom. The third-order valence-corrected chi connectivity index (χ3v) is 6.09. The molecular weight excluding hydrogens is 300 g/mol. The largest absolute Gasteiger partial charge is 0.497 e. The van der Waals surface area contributed by atoms with Gasteiger partial charge in [-0.15, -0.1) is 0 Å². The topological polar surface area (TPSA) is 55.6 Å². The van der Waals surface area contributed by atoms with Gasteiger partial charge in [-0.05, 0) is 42.4 Å². The van der Waals surface area contributed by atoms with Gasteiger partial charge in [0.05, 0.1) is 12.5 Å². The average molecular weight is 330 g/mol. The molecule has 1 aromatic carbocycles. The Bertz CT molecular complexity index is 605. The summed E-state index contributed by atoms with van der Waals surface area (Å²) in [7, 11) is 1.68. The smallest absolute Gasteiger partial charge is 0.233 e. The van der Waals surface area contributed by atoms with Crippen LogP contribution in [0.3, 0.4) is 0 Å². The highest BCUT2D eigenvalue weighted by Crippen LogP contribution is 2.44. The first-order valence-electron chi connectivity index (χ1n) is 9.08. The van der Waals surface area contributed by atoms with Crippen LogP contribution in [0.25, 0.3) is 0 Å². The molecule has 1 aromatic rings. The van der Waals surface area contributed by atoms with E-state index in [-0.39, 0.29) is 22.8 Å². The van der Waals surface area contributed by atoms with Gasteiger partial charge >= 0.3 is 0 Å². The third-order valence-electron chi connectivity index (χ3n) is 6.09. The van der Waals surface area contributed by atoms with E-state index in [4.69, 9.17) is 10.5 Å². The number of nitrogens with zero attached hydrogens (tertiary/aromatic N) is 1. The average Bonchev–Trinajstić information content (AvgIpc) is 3.07. The van der Waals surface area contributed by atoms with Gasteiger partial charge in [-0.2, -0.15) is 0 Å². The van der Waals surface area contributed by atoms with Crippen molar-refractivity contribution >= 4 is 5.91 Å². The second-order valence-electron chi connectivity index (χ2n) is 8.13. The maximum absolute atomic E-state index is 13.6. The van der Waals surface area contributed by atoms with Crippen LogP contribution < -0.4 is 10.5 Å². The molecule has 1 amide bonds. The van der Waals surface area contributed by atoms with Crippen LogP contribution in [-0.4, -0.2) is 37.0 Å². The van der Waals surface area contributed by atoms with E-state index in [2.05, 4.69) is 24.8 Å². The first kappa shape index (κ1) is 17.3. The molecule has 1 aliphatic heterocycles. The molecule has 4 heteroatoms. The number of likely N-dealkylation sites (tertiary alicyclic amines) is 1. The predicted molar refractivity (Wildman–Crippen MR) is 96.1 cm³/mol. The van der Waals surface area contributed by atoms with E-state index >= 15 is 0 Å². The molecule has 2 fully saturated rings. The summed E-state index contributed by atoms with van der Waals surface area (Å²) < 4.78 is 5.39. The number of amides is 1. The fourth-order valence-electron chi connectivity index (χ4n) is 4.38. The summed E-state index contributed by atoms with van der Waals surface area (Å²) in [5, 5.41) is 0. The Morgan fingerprint density at radius 2 is 2.00 bits per heavy atom. The second kappa shape index (κ2) is 6.40. The molecule has 1 heterocycles. The molecule has 0 bridgehead atoms. The van der Waals surface area contributed by atoms with Crippen molar-refractivity contribution in [1.29, 1.82) is 0 Å². The molecule has 132 valence electrons. The number of nitrogens with two attached hydrogens (primary N) is 1. The standard InChI is InChI=1S/C20H30N2O2/c1-19(2)14-22(12-9-17(19)21)18(23)20(10-4-5-11-20)15-7-6-8-16(13-15)24-3/h6-8,13,17H,4-5,9-12,14,21H2,1-3H3. The van der Waals surface area contributed by atoms with Gasteiger partial charge in [0.25, 0.3) is 0 Å². The van der Waals surface area contributed by atoms with Crippen molar-refractivity contribution in [3.05, 3.63) is 29.8 Å². The van der Waals surface area contributed by atoms with Crippen molar-refractivity contribution < 1.29 is 9.53 Å². The third kappa shape index (κ3) is 2.92. The minimum absolute atomic E-state index is 0.0257. The summed E-state index contributed by atoms with van der Waals surface area (Å²) in [6.45, 7) is 5.86. The molecule has 1 saturated carbocycles. The highest BCUT2D eigenvalue weighted by molar-refractivity contribution is 5.89. The van der Waals surface area contributed by atoms with Gasteiger partial charge in [0, 0.05) is 19.1 Å².